The number of aromatic nitrogens is 1. The van der Waals surface area contributed by atoms with Crippen molar-refractivity contribution in [1.82, 2.24) is 4.89 Å². The number of hydrogen-bond acceptors (Lipinski definition) is 0. The van der Waals surface area contributed by atoms with Crippen LogP contribution >= 0.6 is 0 Å². The van der Waals surface area contributed by atoms with E-state index in [0.717, 1.165) is 0 Å². The molecule has 0 fully saturated rings. The second-order valence-corrected chi connectivity index (χ2v) is 2.14. The van der Waals surface area contributed by atoms with E-state index in [0.29, 0.717) is 0 Å². The minimum absolute atomic E-state index is 1.19. The van der Waals surface area contributed by atoms with E-state index >= 15 is 0 Å². The van der Waals surface area contributed by atoms with Gasteiger partial charge in [0.1, 0.15) is 0 Å². The van der Waals surface area contributed by atoms with Crippen LogP contribution in [0.5, 0.6) is 0 Å². The van der Waals surface area contributed by atoms with Crippen LogP contribution in [0, 0.1) is 0 Å². The van der Waals surface area contributed by atoms with Crippen molar-refractivity contribution in [3.63, 3.8) is 0 Å². The van der Waals surface area contributed by atoms with Gasteiger partial charge in [-0.1, -0.05) is 0 Å². The van der Waals surface area contributed by atoms with Crippen LogP contribution in [0.1, 0.15) is 12.5 Å². The molecule has 0 aromatic carbocycles. The van der Waals surface area contributed by atoms with Crippen molar-refractivity contribution >= 4 is 26.0 Å². The molecule has 0 aliphatic heterocycles. The van der Waals surface area contributed by atoms with E-state index in [1.165, 1.54) is 11.2 Å². The molecule has 1 aromatic heterocycles. The monoisotopic (exact) mass is 130 g/mol. The summed E-state index contributed by atoms with van der Waals surface area (Å²) in [4.78, 5) is 3.13. The summed E-state index contributed by atoms with van der Waals surface area (Å²) in [5.74, 6) is 2.06. The number of nitrogens with one attached hydrogen (secondary N) is 1. The van der Waals surface area contributed by atoms with Crippen LogP contribution in [0.25, 0.3) is 6.08 Å². The second kappa shape index (κ2) is 3.45. The number of H-pyrrole nitrogens is 1. The van der Waals surface area contributed by atoms with Crippen molar-refractivity contribution in [3.8, 4) is 0 Å². The van der Waals surface area contributed by atoms with E-state index in [9.17, 15) is 0 Å². The Morgan fingerprint density at radius 1 is 1.70 bits per heavy atom. The maximum atomic E-state index is 3.13. The SMILES string of the molecule is C[B]c1[nH]bcc1/C=C\C. The molecule has 0 aliphatic carbocycles. The fraction of sp³-hybridized carbons (Fsp3) is 0.286. The first-order valence-electron chi connectivity index (χ1n) is 3.48. The third-order valence-corrected chi connectivity index (χ3v) is 1.45. The van der Waals surface area contributed by atoms with Crippen molar-refractivity contribution in [2.24, 2.45) is 0 Å². The average Bonchev–Trinajstić information content (AvgIpc) is 2.36. The summed E-state index contributed by atoms with van der Waals surface area (Å²) in [5, 5.41) is 0. The number of hydrogen-bond donors (Lipinski definition) is 1. The molecule has 0 bridgehead atoms. The fourth-order valence-electron chi connectivity index (χ4n) is 0.969. The first-order valence-corrected chi connectivity index (χ1v) is 3.48. The molecule has 0 unspecified atom stereocenters. The summed E-state index contributed by atoms with van der Waals surface area (Å²) >= 11 is 0. The molecule has 0 saturated carbocycles. The van der Waals surface area contributed by atoms with Gasteiger partial charge in [-0.05, 0) is 0 Å². The molecule has 0 spiro atoms. The molecule has 1 radical (unpaired) electrons. The first kappa shape index (κ1) is 7.39. The average molecular weight is 130 g/mol. The standard InChI is InChI=1S/C7H10B2N/c1-3-4-6-5-9-10-7(6)8-2/h3-5,10H,1-2H3/b4-3-. The third-order valence-electron chi connectivity index (χ3n) is 1.45. The Labute approximate surface area is 63.0 Å². The molecule has 1 heterocycles. The second-order valence-electron chi connectivity index (χ2n) is 2.14. The quantitative estimate of drug-likeness (QED) is 0.568. The van der Waals surface area contributed by atoms with Gasteiger partial charge >= 0.3 is 62.2 Å². The molecular formula is C7H10B2N. The van der Waals surface area contributed by atoms with Crippen LogP contribution in [0.3, 0.4) is 0 Å². The molecule has 1 N–H and O–H groups in total. The van der Waals surface area contributed by atoms with Crippen LogP contribution in [-0.2, 0) is 0 Å². The van der Waals surface area contributed by atoms with E-state index in [-0.39, 0.29) is 0 Å². The minimum atomic E-state index is 1.19. The van der Waals surface area contributed by atoms with Gasteiger partial charge in [0.15, 0.2) is 0 Å². The van der Waals surface area contributed by atoms with Crippen molar-refractivity contribution in [3.05, 3.63) is 17.6 Å². The van der Waals surface area contributed by atoms with Crippen molar-refractivity contribution in [2.75, 3.05) is 0 Å². The van der Waals surface area contributed by atoms with Crippen LogP contribution in [0.2, 0.25) is 6.82 Å². The van der Waals surface area contributed by atoms with Crippen LogP contribution in [-0.4, -0.2) is 19.2 Å². The summed E-state index contributed by atoms with van der Waals surface area (Å²) in [6.45, 7) is 4.05. The third kappa shape index (κ3) is 1.41. The van der Waals surface area contributed by atoms with Crippen LogP contribution < -0.4 is 5.59 Å². The van der Waals surface area contributed by atoms with Crippen LogP contribution in [0.15, 0.2) is 12.0 Å². The van der Waals surface area contributed by atoms with Crippen molar-refractivity contribution in [2.45, 2.75) is 13.7 Å². The Hall–Kier alpha value is -0.720. The molecule has 1 nitrogen and oxygen atoms in total. The predicted molar refractivity (Wildman–Crippen MR) is 48.1 cm³/mol. The zero-order valence-corrected chi connectivity index (χ0v) is 6.39. The van der Waals surface area contributed by atoms with E-state index < -0.39 is 0 Å². The molecule has 0 amide bonds. The van der Waals surface area contributed by atoms with Gasteiger partial charge in [-0.25, -0.2) is 0 Å². The molecule has 1 aromatic rings. The van der Waals surface area contributed by atoms with E-state index in [1.54, 1.807) is 0 Å². The predicted octanol–water partition coefficient (Wildman–Crippen LogP) is 0.763. The Kier molecular flexibility index (Phi) is 2.55. The summed E-state index contributed by atoms with van der Waals surface area (Å²) in [6, 6.07) is 0. The van der Waals surface area contributed by atoms with Gasteiger partial charge in [-0.2, -0.15) is 0 Å². The molecule has 49 valence electrons. The Morgan fingerprint density at radius 3 is 3.10 bits per heavy atom. The number of aromatic amines is 1. The number of allylic oxidation sites excluding steroid dienone is 1. The number of rotatable bonds is 2. The van der Waals surface area contributed by atoms with Gasteiger partial charge in [0.2, 0.25) is 0 Å². The summed E-state index contributed by atoms with van der Waals surface area (Å²) in [5.41, 5.74) is 2.45. The van der Waals surface area contributed by atoms with Gasteiger partial charge in [-0.15, -0.1) is 0 Å². The molecule has 0 atom stereocenters. The molecule has 0 aliphatic rings. The summed E-state index contributed by atoms with van der Waals surface area (Å²) in [7, 11) is 4.01. The Balaban J connectivity index is 2.90. The summed E-state index contributed by atoms with van der Waals surface area (Å²) in [6.07, 6.45) is 4.13. The Bertz CT molecular complexity index is 227. The van der Waals surface area contributed by atoms with Gasteiger partial charge in [0, 0.05) is 0 Å². The van der Waals surface area contributed by atoms with E-state index in [1.807, 2.05) is 26.9 Å². The topological polar surface area (TPSA) is 15.8 Å². The van der Waals surface area contributed by atoms with E-state index in [2.05, 4.69) is 24.2 Å². The zero-order valence-electron chi connectivity index (χ0n) is 6.39. The van der Waals surface area contributed by atoms with Gasteiger partial charge in [0.05, 0.1) is 0 Å². The van der Waals surface area contributed by atoms with Gasteiger partial charge < -0.3 is 0 Å². The van der Waals surface area contributed by atoms with Gasteiger partial charge in [0.25, 0.3) is 0 Å². The molecule has 1 rings (SSSR count). The van der Waals surface area contributed by atoms with Gasteiger partial charge in [-0.3, -0.25) is 0 Å². The molecule has 0 saturated heterocycles. The zero-order chi connectivity index (χ0) is 7.40. The fourth-order valence-corrected chi connectivity index (χ4v) is 0.969. The molecule has 10 heavy (non-hydrogen) atoms. The van der Waals surface area contributed by atoms with Crippen molar-refractivity contribution < 1.29 is 0 Å². The van der Waals surface area contributed by atoms with E-state index in [4.69, 9.17) is 0 Å². The Morgan fingerprint density at radius 2 is 2.50 bits per heavy atom. The summed E-state index contributed by atoms with van der Waals surface area (Å²) < 4.78 is 0. The van der Waals surface area contributed by atoms with Crippen molar-refractivity contribution in [1.29, 1.82) is 0 Å². The maximum absolute atomic E-state index is 3.13. The molecule has 3 heteroatoms. The van der Waals surface area contributed by atoms with Crippen LogP contribution in [0.4, 0.5) is 0 Å². The molecular weight excluding hydrogens is 120 g/mol. The first-order chi connectivity index (χ1) is 4.88. The normalized spacial score (nSPS) is 10.2.